The summed E-state index contributed by atoms with van der Waals surface area (Å²) >= 11 is 11.2. The zero-order valence-corrected chi connectivity index (χ0v) is 18.6. The molecule has 11 heteroatoms. The van der Waals surface area contributed by atoms with Gasteiger partial charge < -0.3 is 10.6 Å². The fourth-order valence-corrected chi connectivity index (χ4v) is 3.98. The highest BCUT2D eigenvalue weighted by Gasteiger charge is 2.41. The zero-order valence-electron chi connectivity index (χ0n) is 17.0. The van der Waals surface area contributed by atoms with E-state index in [0.29, 0.717) is 36.9 Å². The van der Waals surface area contributed by atoms with Crippen LogP contribution in [0.1, 0.15) is 54.4 Å². The molecule has 0 saturated heterocycles. The average Bonchev–Trinajstić information content (AvgIpc) is 3.35. The minimum absolute atomic E-state index is 0.0824. The maximum atomic E-state index is 13.1. The van der Waals surface area contributed by atoms with E-state index in [9.17, 15) is 13.2 Å². The lowest BCUT2D eigenvalue weighted by atomic mass is 10.2. The monoisotopic (exact) mass is 462 g/mol. The van der Waals surface area contributed by atoms with Gasteiger partial charge in [0.05, 0.1) is 16.4 Å². The average molecular weight is 463 g/mol. The van der Waals surface area contributed by atoms with Crippen molar-refractivity contribution < 1.29 is 13.2 Å². The number of nitrogens with zero attached hydrogens (tertiary/aromatic N) is 4. The third-order valence-corrected chi connectivity index (χ3v) is 5.59. The van der Waals surface area contributed by atoms with Crippen LogP contribution in [-0.2, 0) is 19.3 Å². The standard InChI is InChI=1S/C19H26ClF3N6S/c1-12-11-13(2)28(26-12)9-3-7-24-18(30)25-8-4-10-29-16(14-5-6-14)15(20)17(27-29)19(21,22)23/h11,14H,3-10H2,1-2H3,(H2,24,25,30). The summed E-state index contributed by atoms with van der Waals surface area (Å²) in [5.41, 5.74) is 1.65. The Morgan fingerprint density at radius 1 is 1.13 bits per heavy atom. The van der Waals surface area contributed by atoms with E-state index in [1.165, 1.54) is 4.68 Å². The van der Waals surface area contributed by atoms with Gasteiger partial charge in [0.15, 0.2) is 10.8 Å². The largest absolute Gasteiger partial charge is 0.436 e. The van der Waals surface area contributed by atoms with Crippen molar-refractivity contribution in [2.45, 2.75) is 64.7 Å². The SMILES string of the molecule is Cc1cc(C)n(CCCNC(=S)NCCCn2nc(C(F)(F)F)c(Cl)c2C2CC2)n1. The van der Waals surface area contributed by atoms with E-state index in [2.05, 4.69) is 20.8 Å². The molecule has 0 aromatic carbocycles. The molecule has 2 aromatic heterocycles. The number of aromatic nitrogens is 4. The Kier molecular flexibility index (Phi) is 7.28. The van der Waals surface area contributed by atoms with Crippen molar-refractivity contribution >= 4 is 28.9 Å². The number of thiocarbonyl (C=S) groups is 1. The third-order valence-electron chi connectivity index (χ3n) is 4.93. The van der Waals surface area contributed by atoms with E-state index in [-0.39, 0.29) is 10.9 Å². The number of rotatable bonds is 9. The van der Waals surface area contributed by atoms with Gasteiger partial charge in [0.1, 0.15) is 0 Å². The van der Waals surface area contributed by atoms with Crippen LogP contribution >= 0.6 is 23.8 Å². The van der Waals surface area contributed by atoms with Crippen molar-refractivity contribution in [1.82, 2.24) is 30.2 Å². The molecule has 0 radical (unpaired) electrons. The van der Waals surface area contributed by atoms with Gasteiger partial charge in [0, 0.05) is 37.8 Å². The molecule has 1 fully saturated rings. The number of alkyl halides is 3. The van der Waals surface area contributed by atoms with E-state index in [0.717, 1.165) is 37.2 Å². The molecular weight excluding hydrogens is 437 g/mol. The second-order valence-electron chi connectivity index (χ2n) is 7.58. The summed E-state index contributed by atoms with van der Waals surface area (Å²) in [4.78, 5) is 0. The first-order valence-electron chi connectivity index (χ1n) is 10.0. The van der Waals surface area contributed by atoms with Crippen molar-refractivity contribution in [3.05, 3.63) is 33.9 Å². The van der Waals surface area contributed by atoms with Crippen LogP contribution in [0, 0.1) is 13.8 Å². The molecule has 0 amide bonds. The summed E-state index contributed by atoms with van der Waals surface area (Å²) in [6.07, 6.45) is -1.37. The molecule has 1 saturated carbocycles. The van der Waals surface area contributed by atoms with Crippen LogP contribution in [0.2, 0.25) is 5.02 Å². The lowest BCUT2D eigenvalue weighted by molar-refractivity contribution is -0.141. The molecule has 1 aliphatic rings. The Balaban J connectivity index is 1.38. The van der Waals surface area contributed by atoms with Crippen molar-refractivity contribution in [1.29, 1.82) is 0 Å². The Bertz CT molecular complexity index is 888. The van der Waals surface area contributed by atoms with Crippen LogP contribution in [0.3, 0.4) is 0 Å². The van der Waals surface area contributed by atoms with Gasteiger partial charge in [-0.25, -0.2) is 0 Å². The molecule has 0 aliphatic heterocycles. The molecule has 2 N–H and O–H groups in total. The highest BCUT2D eigenvalue weighted by molar-refractivity contribution is 7.80. The van der Waals surface area contributed by atoms with Crippen molar-refractivity contribution in [2.75, 3.05) is 13.1 Å². The lowest BCUT2D eigenvalue weighted by Gasteiger charge is -2.12. The van der Waals surface area contributed by atoms with Gasteiger partial charge >= 0.3 is 6.18 Å². The Morgan fingerprint density at radius 2 is 1.73 bits per heavy atom. The zero-order chi connectivity index (χ0) is 21.9. The maximum absolute atomic E-state index is 13.1. The molecule has 3 rings (SSSR count). The molecule has 6 nitrogen and oxygen atoms in total. The van der Waals surface area contributed by atoms with Crippen molar-refractivity contribution in [2.24, 2.45) is 0 Å². The highest BCUT2D eigenvalue weighted by Crippen LogP contribution is 2.46. The van der Waals surface area contributed by atoms with Gasteiger partial charge in [-0.1, -0.05) is 11.6 Å². The molecule has 2 aromatic rings. The molecule has 0 unspecified atom stereocenters. The number of hydrogen-bond donors (Lipinski definition) is 2. The second kappa shape index (κ2) is 9.55. The molecular formula is C19H26ClF3N6S. The molecule has 0 spiro atoms. The Labute approximate surface area is 184 Å². The van der Waals surface area contributed by atoms with Crippen LogP contribution in [0.4, 0.5) is 13.2 Å². The van der Waals surface area contributed by atoms with E-state index < -0.39 is 11.9 Å². The minimum Gasteiger partial charge on any atom is -0.363 e. The van der Waals surface area contributed by atoms with Gasteiger partial charge in [-0.15, -0.1) is 0 Å². The van der Waals surface area contributed by atoms with E-state index in [1.807, 2.05) is 24.6 Å². The first kappa shape index (κ1) is 22.9. The van der Waals surface area contributed by atoms with Gasteiger partial charge in [0.2, 0.25) is 0 Å². The summed E-state index contributed by atoms with van der Waals surface area (Å²) in [5.74, 6) is 0.0824. The van der Waals surface area contributed by atoms with Crippen LogP contribution < -0.4 is 10.6 Å². The molecule has 30 heavy (non-hydrogen) atoms. The quantitative estimate of drug-likeness (QED) is 0.432. The summed E-state index contributed by atoms with van der Waals surface area (Å²) in [7, 11) is 0. The number of hydrogen-bond acceptors (Lipinski definition) is 3. The second-order valence-corrected chi connectivity index (χ2v) is 8.37. The van der Waals surface area contributed by atoms with Crippen molar-refractivity contribution in [3.63, 3.8) is 0 Å². The molecule has 0 bridgehead atoms. The smallest absolute Gasteiger partial charge is 0.363 e. The summed E-state index contributed by atoms with van der Waals surface area (Å²) in [6.45, 7) is 6.40. The number of nitrogens with one attached hydrogen (secondary N) is 2. The third kappa shape index (κ3) is 5.87. The summed E-state index contributed by atoms with van der Waals surface area (Å²) in [6, 6.07) is 2.04. The molecule has 166 valence electrons. The maximum Gasteiger partial charge on any atom is 0.436 e. The predicted molar refractivity (Wildman–Crippen MR) is 114 cm³/mol. The highest BCUT2D eigenvalue weighted by atomic mass is 35.5. The Morgan fingerprint density at radius 3 is 2.23 bits per heavy atom. The van der Waals surface area contributed by atoms with Gasteiger partial charge in [-0.05, 0) is 57.8 Å². The minimum atomic E-state index is -4.54. The number of aryl methyl sites for hydroxylation is 4. The normalized spacial score (nSPS) is 14.2. The molecule has 2 heterocycles. The van der Waals surface area contributed by atoms with Crippen LogP contribution in [0.15, 0.2) is 6.07 Å². The van der Waals surface area contributed by atoms with Crippen molar-refractivity contribution in [3.8, 4) is 0 Å². The summed E-state index contributed by atoms with van der Waals surface area (Å²) < 4.78 is 42.7. The Hall–Kier alpha value is -1.81. The van der Waals surface area contributed by atoms with E-state index in [1.54, 1.807) is 0 Å². The van der Waals surface area contributed by atoms with Gasteiger partial charge in [-0.2, -0.15) is 23.4 Å². The first-order chi connectivity index (χ1) is 14.2. The topological polar surface area (TPSA) is 59.7 Å². The van der Waals surface area contributed by atoms with Crippen LogP contribution in [0.5, 0.6) is 0 Å². The molecule has 1 aliphatic carbocycles. The van der Waals surface area contributed by atoms with Gasteiger partial charge in [0.25, 0.3) is 0 Å². The van der Waals surface area contributed by atoms with Crippen LogP contribution in [0.25, 0.3) is 0 Å². The van der Waals surface area contributed by atoms with E-state index >= 15 is 0 Å². The molecule has 0 atom stereocenters. The predicted octanol–water partition coefficient (Wildman–Crippen LogP) is 4.19. The fraction of sp³-hybridized carbons (Fsp3) is 0.632. The van der Waals surface area contributed by atoms with E-state index in [4.69, 9.17) is 23.8 Å². The summed E-state index contributed by atoms with van der Waals surface area (Å²) in [5, 5.41) is 14.6. The number of halogens is 4. The lowest BCUT2D eigenvalue weighted by Crippen LogP contribution is -2.36. The van der Waals surface area contributed by atoms with Crippen LogP contribution in [-0.4, -0.2) is 37.8 Å². The first-order valence-corrected chi connectivity index (χ1v) is 10.8. The van der Waals surface area contributed by atoms with Gasteiger partial charge in [-0.3, -0.25) is 9.36 Å². The fourth-order valence-electron chi connectivity index (χ4n) is 3.38.